The maximum atomic E-state index is 12.0. The van der Waals surface area contributed by atoms with Crippen molar-refractivity contribution in [2.45, 2.75) is 13.0 Å². The molecule has 0 aliphatic rings. The van der Waals surface area contributed by atoms with Gasteiger partial charge >= 0.3 is 0 Å². The molecule has 6 heteroatoms. The Bertz CT molecular complexity index is 825. The minimum Gasteiger partial charge on any atom is -0.352 e. The van der Waals surface area contributed by atoms with E-state index in [9.17, 15) is 4.79 Å². The molecule has 5 nitrogen and oxygen atoms in total. The molecule has 3 rings (SSSR count). The summed E-state index contributed by atoms with van der Waals surface area (Å²) in [7, 11) is 1.88. The number of carbonyl (C=O) groups excluding carboxylic acids is 1. The van der Waals surface area contributed by atoms with E-state index in [4.69, 9.17) is 11.6 Å². The van der Waals surface area contributed by atoms with Gasteiger partial charge < -0.3 is 5.32 Å². The van der Waals surface area contributed by atoms with Crippen LogP contribution in [0.15, 0.2) is 54.9 Å². The lowest BCUT2D eigenvalue weighted by molar-refractivity contribution is -0.120. The zero-order valence-corrected chi connectivity index (χ0v) is 14.0. The van der Waals surface area contributed by atoms with Crippen LogP contribution in [0.4, 0.5) is 0 Å². The second kappa shape index (κ2) is 7.27. The molecule has 0 radical (unpaired) electrons. The number of amides is 1. The minimum absolute atomic E-state index is 0.0342. The Morgan fingerprint density at radius 1 is 1.12 bits per heavy atom. The van der Waals surface area contributed by atoms with Gasteiger partial charge in [-0.3, -0.25) is 14.5 Å². The lowest BCUT2D eigenvalue weighted by Gasteiger charge is -2.07. The summed E-state index contributed by atoms with van der Waals surface area (Å²) in [6.45, 7) is 0.449. The molecule has 1 amide bonds. The fourth-order valence-corrected chi connectivity index (χ4v) is 2.48. The van der Waals surface area contributed by atoms with Crippen molar-refractivity contribution >= 4 is 17.5 Å². The molecule has 2 heterocycles. The number of hydrogen-bond donors (Lipinski definition) is 1. The van der Waals surface area contributed by atoms with E-state index >= 15 is 0 Å². The van der Waals surface area contributed by atoms with Crippen molar-refractivity contribution in [3.8, 4) is 11.4 Å². The normalized spacial score (nSPS) is 10.6. The number of halogens is 1. The van der Waals surface area contributed by atoms with E-state index in [0.29, 0.717) is 18.0 Å². The van der Waals surface area contributed by atoms with Crippen molar-refractivity contribution in [2.24, 2.45) is 7.05 Å². The molecule has 122 valence electrons. The van der Waals surface area contributed by atoms with Gasteiger partial charge in [0.15, 0.2) is 0 Å². The van der Waals surface area contributed by atoms with E-state index in [0.717, 1.165) is 22.5 Å². The van der Waals surface area contributed by atoms with Crippen molar-refractivity contribution in [2.75, 3.05) is 0 Å². The van der Waals surface area contributed by atoms with E-state index in [2.05, 4.69) is 15.4 Å². The predicted octanol–water partition coefficient (Wildman–Crippen LogP) is 2.99. The predicted molar refractivity (Wildman–Crippen MR) is 93.4 cm³/mol. The molecule has 3 aromatic rings. The van der Waals surface area contributed by atoms with Gasteiger partial charge in [-0.15, -0.1) is 0 Å². The standard InChI is InChI=1S/C18H17ClN4O/c1-23-17(8-9-22-23)16-7-4-14(11-20-16)12-21-18(24)10-13-2-5-15(19)6-3-13/h2-9,11H,10,12H2,1H3,(H,21,24). The molecular weight excluding hydrogens is 324 g/mol. The molecule has 0 spiro atoms. The van der Waals surface area contributed by atoms with Crippen LogP contribution < -0.4 is 5.32 Å². The Kier molecular flexibility index (Phi) is 4.91. The van der Waals surface area contributed by atoms with Crippen LogP contribution in [0.3, 0.4) is 0 Å². The quantitative estimate of drug-likeness (QED) is 0.776. The van der Waals surface area contributed by atoms with Gasteiger partial charge in [-0.05, 0) is 35.4 Å². The van der Waals surface area contributed by atoms with Gasteiger partial charge in [-0.2, -0.15) is 5.10 Å². The zero-order valence-electron chi connectivity index (χ0n) is 13.2. The van der Waals surface area contributed by atoms with Crippen molar-refractivity contribution in [3.05, 3.63) is 71.0 Å². The third-order valence-electron chi connectivity index (χ3n) is 3.68. The highest BCUT2D eigenvalue weighted by atomic mass is 35.5. The number of carbonyl (C=O) groups is 1. The van der Waals surface area contributed by atoms with Crippen LogP contribution in [0.2, 0.25) is 5.02 Å². The maximum Gasteiger partial charge on any atom is 0.224 e. The maximum absolute atomic E-state index is 12.0. The summed E-state index contributed by atoms with van der Waals surface area (Å²) in [5.74, 6) is -0.0342. The highest BCUT2D eigenvalue weighted by Gasteiger charge is 2.06. The van der Waals surface area contributed by atoms with Gasteiger partial charge in [0.1, 0.15) is 0 Å². The van der Waals surface area contributed by atoms with Gasteiger partial charge in [0, 0.05) is 31.0 Å². The molecule has 0 fully saturated rings. The first kappa shape index (κ1) is 16.2. The molecule has 0 unspecified atom stereocenters. The summed E-state index contributed by atoms with van der Waals surface area (Å²) < 4.78 is 1.77. The first-order valence-corrected chi connectivity index (χ1v) is 7.94. The number of pyridine rings is 1. The molecule has 2 aromatic heterocycles. The summed E-state index contributed by atoms with van der Waals surface area (Å²) >= 11 is 5.84. The number of benzene rings is 1. The van der Waals surface area contributed by atoms with Crippen LogP contribution in [0, 0.1) is 0 Å². The second-order valence-corrected chi connectivity index (χ2v) is 5.91. The van der Waals surface area contributed by atoms with Crippen molar-refractivity contribution in [3.63, 3.8) is 0 Å². The van der Waals surface area contributed by atoms with Crippen LogP contribution in [0.25, 0.3) is 11.4 Å². The zero-order chi connectivity index (χ0) is 16.9. The van der Waals surface area contributed by atoms with Crippen LogP contribution in [0.5, 0.6) is 0 Å². The Morgan fingerprint density at radius 2 is 1.88 bits per heavy atom. The van der Waals surface area contributed by atoms with E-state index in [1.165, 1.54) is 0 Å². The number of nitrogens with one attached hydrogen (secondary N) is 1. The highest BCUT2D eigenvalue weighted by molar-refractivity contribution is 6.30. The number of rotatable bonds is 5. The van der Waals surface area contributed by atoms with Crippen molar-refractivity contribution in [1.29, 1.82) is 0 Å². The van der Waals surface area contributed by atoms with Crippen molar-refractivity contribution < 1.29 is 4.79 Å². The van der Waals surface area contributed by atoms with E-state index in [1.807, 2.05) is 37.4 Å². The first-order chi connectivity index (χ1) is 11.6. The molecule has 0 aliphatic heterocycles. The SMILES string of the molecule is Cn1nccc1-c1ccc(CNC(=O)Cc2ccc(Cl)cc2)cn1. The molecular formula is C18H17ClN4O. The fraction of sp³-hybridized carbons (Fsp3) is 0.167. The molecule has 24 heavy (non-hydrogen) atoms. The molecule has 0 atom stereocenters. The van der Waals surface area contributed by atoms with Crippen LogP contribution >= 0.6 is 11.6 Å². The van der Waals surface area contributed by atoms with Gasteiger partial charge in [-0.1, -0.05) is 29.8 Å². The molecule has 1 N–H and O–H groups in total. The third-order valence-corrected chi connectivity index (χ3v) is 3.93. The summed E-state index contributed by atoms with van der Waals surface area (Å²) in [5.41, 5.74) is 3.69. The van der Waals surface area contributed by atoms with Gasteiger partial charge in [-0.25, -0.2) is 0 Å². The Hall–Kier alpha value is -2.66. The van der Waals surface area contributed by atoms with Gasteiger partial charge in [0.2, 0.25) is 5.91 Å². The van der Waals surface area contributed by atoms with Crippen LogP contribution in [-0.4, -0.2) is 20.7 Å². The first-order valence-electron chi connectivity index (χ1n) is 7.56. The monoisotopic (exact) mass is 340 g/mol. The van der Waals surface area contributed by atoms with Crippen molar-refractivity contribution in [1.82, 2.24) is 20.1 Å². The summed E-state index contributed by atoms with van der Waals surface area (Å²) in [6, 6.07) is 13.1. The largest absolute Gasteiger partial charge is 0.352 e. The van der Waals surface area contributed by atoms with Gasteiger partial charge in [0.05, 0.1) is 17.8 Å². The summed E-state index contributed by atoms with van der Waals surface area (Å²) in [5, 5.41) is 7.70. The second-order valence-electron chi connectivity index (χ2n) is 5.47. The Balaban J connectivity index is 1.55. The number of hydrogen-bond acceptors (Lipinski definition) is 3. The smallest absolute Gasteiger partial charge is 0.224 e. The molecule has 0 bridgehead atoms. The van der Waals surface area contributed by atoms with Crippen LogP contribution in [-0.2, 0) is 24.8 Å². The minimum atomic E-state index is -0.0342. The fourth-order valence-electron chi connectivity index (χ4n) is 2.36. The molecule has 0 aliphatic carbocycles. The third kappa shape index (κ3) is 4.00. The van der Waals surface area contributed by atoms with E-state index < -0.39 is 0 Å². The topological polar surface area (TPSA) is 59.8 Å². The molecule has 0 saturated heterocycles. The number of aromatic nitrogens is 3. The summed E-state index contributed by atoms with van der Waals surface area (Å²) in [6.07, 6.45) is 3.84. The summed E-state index contributed by atoms with van der Waals surface area (Å²) in [4.78, 5) is 16.4. The molecule has 1 aromatic carbocycles. The lowest BCUT2D eigenvalue weighted by atomic mass is 10.1. The number of nitrogens with zero attached hydrogens (tertiary/aromatic N) is 3. The Labute approximate surface area is 145 Å². The lowest BCUT2D eigenvalue weighted by Crippen LogP contribution is -2.24. The average molecular weight is 341 g/mol. The van der Waals surface area contributed by atoms with Gasteiger partial charge in [0.25, 0.3) is 0 Å². The van der Waals surface area contributed by atoms with E-state index in [1.54, 1.807) is 29.2 Å². The van der Waals surface area contributed by atoms with Crippen LogP contribution in [0.1, 0.15) is 11.1 Å². The Morgan fingerprint density at radius 3 is 2.50 bits per heavy atom. The highest BCUT2D eigenvalue weighted by Crippen LogP contribution is 2.15. The molecule has 0 saturated carbocycles. The van der Waals surface area contributed by atoms with E-state index in [-0.39, 0.29) is 5.91 Å². The average Bonchev–Trinajstić information content (AvgIpc) is 3.02. The number of aryl methyl sites for hydroxylation is 1.